The quantitative estimate of drug-likeness (QED) is 0.692. The lowest BCUT2D eigenvalue weighted by molar-refractivity contribution is -0.00429. The Morgan fingerprint density at radius 1 is 1.26 bits per heavy atom. The molecule has 0 bridgehead atoms. The molecule has 1 aliphatic rings. The van der Waals surface area contributed by atoms with E-state index in [4.69, 9.17) is 12.2 Å². The van der Waals surface area contributed by atoms with E-state index in [0.717, 1.165) is 5.69 Å². The Hall–Kier alpha value is -1.21. The highest BCUT2D eigenvalue weighted by Crippen LogP contribution is 2.21. The number of hydrogen-bond donors (Lipinski definition) is 3. The Balaban J connectivity index is 2.19. The highest BCUT2D eigenvalue weighted by Gasteiger charge is 2.35. The number of anilines is 1. The number of nitrogens with zero attached hydrogens (tertiary/aromatic N) is 2. The fourth-order valence-corrected chi connectivity index (χ4v) is 2.19. The predicted octanol–water partition coefficient (Wildman–Crippen LogP) is 0.341. The highest BCUT2D eigenvalue weighted by molar-refractivity contribution is 7.80. The van der Waals surface area contributed by atoms with Gasteiger partial charge in [0.2, 0.25) is 0 Å². The molecule has 5 nitrogen and oxygen atoms in total. The van der Waals surface area contributed by atoms with E-state index in [0.29, 0.717) is 18.4 Å². The van der Waals surface area contributed by atoms with Crippen LogP contribution in [-0.4, -0.2) is 52.3 Å². The van der Waals surface area contributed by atoms with Crippen molar-refractivity contribution in [1.82, 2.24) is 10.2 Å². The summed E-state index contributed by atoms with van der Waals surface area (Å²) < 4.78 is 0. The van der Waals surface area contributed by atoms with Crippen LogP contribution in [0.1, 0.15) is 6.92 Å². The normalized spacial score (nSPS) is 17.4. The minimum absolute atomic E-state index is 0.111. The zero-order chi connectivity index (χ0) is 13.9. The van der Waals surface area contributed by atoms with E-state index in [1.807, 2.05) is 47.1 Å². The molecule has 0 spiro atoms. The van der Waals surface area contributed by atoms with Crippen molar-refractivity contribution in [3.05, 3.63) is 30.3 Å². The maximum absolute atomic E-state index is 9.48. The lowest BCUT2D eigenvalue weighted by atomic mass is 10.0. The number of thiocarbonyl (C=S) groups is 1. The molecular formula is C13H19N3O2S. The van der Waals surface area contributed by atoms with Crippen LogP contribution in [0.3, 0.4) is 0 Å². The number of benzene rings is 1. The summed E-state index contributed by atoms with van der Waals surface area (Å²) in [6.07, 6.45) is 0. The zero-order valence-electron chi connectivity index (χ0n) is 10.9. The minimum Gasteiger partial charge on any atom is -0.394 e. The van der Waals surface area contributed by atoms with Crippen LogP contribution in [0.25, 0.3) is 0 Å². The van der Waals surface area contributed by atoms with Gasteiger partial charge in [0.1, 0.15) is 0 Å². The smallest absolute Gasteiger partial charge is 0.175 e. The molecule has 19 heavy (non-hydrogen) atoms. The number of para-hydroxylation sites is 1. The van der Waals surface area contributed by atoms with Gasteiger partial charge >= 0.3 is 0 Å². The first-order chi connectivity index (χ1) is 9.10. The molecule has 3 N–H and O–H groups in total. The van der Waals surface area contributed by atoms with Crippen LogP contribution in [-0.2, 0) is 0 Å². The molecule has 0 saturated carbocycles. The maximum Gasteiger partial charge on any atom is 0.175 e. The number of aliphatic hydroxyl groups excluding tert-OH is 2. The van der Waals surface area contributed by atoms with Gasteiger partial charge in [0, 0.05) is 5.69 Å². The molecule has 104 valence electrons. The van der Waals surface area contributed by atoms with Crippen molar-refractivity contribution in [3.8, 4) is 0 Å². The molecular weight excluding hydrogens is 262 g/mol. The fraction of sp³-hybridized carbons (Fsp3) is 0.462. The number of hydrogen-bond acceptors (Lipinski definition) is 4. The molecule has 0 atom stereocenters. The number of nitrogens with one attached hydrogen (secondary N) is 1. The second-order valence-electron chi connectivity index (χ2n) is 4.90. The van der Waals surface area contributed by atoms with Crippen LogP contribution in [0.2, 0.25) is 0 Å². The van der Waals surface area contributed by atoms with Crippen molar-refractivity contribution in [2.45, 2.75) is 12.5 Å². The van der Waals surface area contributed by atoms with Gasteiger partial charge in [0.25, 0.3) is 0 Å². The van der Waals surface area contributed by atoms with Crippen LogP contribution in [0.5, 0.6) is 0 Å². The van der Waals surface area contributed by atoms with Gasteiger partial charge in [-0.15, -0.1) is 0 Å². The molecule has 6 heteroatoms. The number of rotatable bonds is 4. The molecule has 1 heterocycles. The second kappa shape index (κ2) is 5.83. The summed E-state index contributed by atoms with van der Waals surface area (Å²) in [6, 6.07) is 9.81. The summed E-state index contributed by atoms with van der Waals surface area (Å²) >= 11 is 5.32. The van der Waals surface area contributed by atoms with Crippen LogP contribution in [0.15, 0.2) is 30.3 Å². The Morgan fingerprint density at radius 2 is 1.89 bits per heavy atom. The van der Waals surface area contributed by atoms with Crippen LogP contribution in [0.4, 0.5) is 5.69 Å². The molecule has 0 aliphatic carbocycles. The van der Waals surface area contributed by atoms with Gasteiger partial charge in [0.15, 0.2) is 5.11 Å². The van der Waals surface area contributed by atoms with E-state index in [9.17, 15) is 10.2 Å². The molecule has 1 fully saturated rings. The average Bonchev–Trinajstić information content (AvgIpc) is 2.48. The van der Waals surface area contributed by atoms with Gasteiger partial charge in [-0.2, -0.15) is 0 Å². The molecule has 0 amide bonds. The molecule has 1 aromatic carbocycles. The van der Waals surface area contributed by atoms with Crippen LogP contribution in [0, 0.1) is 0 Å². The van der Waals surface area contributed by atoms with E-state index < -0.39 is 5.54 Å². The summed E-state index contributed by atoms with van der Waals surface area (Å²) in [5.74, 6) is 0. The van der Waals surface area contributed by atoms with E-state index in [1.165, 1.54) is 0 Å². The maximum atomic E-state index is 9.48. The molecule has 0 radical (unpaired) electrons. The average molecular weight is 281 g/mol. The van der Waals surface area contributed by atoms with Gasteiger partial charge in [-0.05, 0) is 31.3 Å². The van der Waals surface area contributed by atoms with Gasteiger partial charge in [0.05, 0.1) is 32.1 Å². The van der Waals surface area contributed by atoms with Crippen molar-refractivity contribution < 1.29 is 10.2 Å². The van der Waals surface area contributed by atoms with E-state index >= 15 is 0 Å². The lowest BCUT2D eigenvalue weighted by Crippen LogP contribution is -2.65. The Bertz CT molecular complexity index is 437. The summed E-state index contributed by atoms with van der Waals surface area (Å²) in [4.78, 5) is 3.91. The van der Waals surface area contributed by atoms with Crippen molar-refractivity contribution >= 4 is 23.0 Å². The SMILES string of the molecule is CC(CO)(CO)N1CNC(=S)N(c2ccccc2)C1. The molecule has 1 aliphatic heterocycles. The van der Waals surface area contributed by atoms with Crippen LogP contribution < -0.4 is 10.2 Å². The van der Waals surface area contributed by atoms with E-state index in [2.05, 4.69) is 5.32 Å². The van der Waals surface area contributed by atoms with Gasteiger partial charge in [-0.25, -0.2) is 0 Å². The van der Waals surface area contributed by atoms with Gasteiger partial charge < -0.3 is 20.4 Å². The predicted molar refractivity (Wildman–Crippen MR) is 78.8 cm³/mol. The molecule has 0 unspecified atom stereocenters. The monoisotopic (exact) mass is 281 g/mol. The first-order valence-corrected chi connectivity index (χ1v) is 6.59. The standard InChI is InChI=1S/C13H19N3O2S/c1-13(7-17,8-18)15-9-14-12(19)16(10-15)11-5-3-2-4-6-11/h2-6,17-18H,7-10H2,1H3,(H,14,19). The zero-order valence-corrected chi connectivity index (χ0v) is 11.7. The van der Waals surface area contributed by atoms with Crippen molar-refractivity contribution in [2.75, 3.05) is 31.5 Å². The first kappa shape index (κ1) is 14.2. The molecule has 1 saturated heterocycles. The fourth-order valence-electron chi connectivity index (χ4n) is 1.96. The summed E-state index contributed by atoms with van der Waals surface area (Å²) in [7, 11) is 0. The van der Waals surface area contributed by atoms with Gasteiger partial charge in [-0.3, -0.25) is 4.90 Å². The third kappa shape index (κ3) is 2.87. The van der Waals surface area contributed by atoms with Crippen LogP contribution >= 0.6 is 12.2 Å². The van der Waals surface area contributed by atoms with Crippen molar-refractivity contribution in [3.63, 3.8) is 0 Å². The largest absolute Gasteiger partial charge is 0.394 e. The third-order valence-electron chi connectivity index (χ3n) is 3.49. The Kier molecular flexibility index (Phi) is 4.36. The van der Waals surface area contributed by atoms with Gasteiger partial charge in [-0.1, -0.05) is 18.2 Å². The summed E-state index contributed by atoms with van der Waals surface area (Å²) in [5, 5.41) is 22.7. The van der Waals surface area contributed by atoms with E-state index in [-0.39, 0.29) is 13.2 Å². The number of aliphatic hydroxyl groups is 2. The molecule has 2 rings (SSSR count). The first-order valence-electron chi connectivity index (χ1n) is 6.18. The second-order valence-corrected chi connectivity index (χ2v) is 5.28. The Labute approximate surface area is 118 Å². The van der Waals surface area contributed by atoms with Crippen molar-refractivity contribution in [1.29, 1.82) is 0 Å². The van der Waals surface area contributed by atoms with Crippen molar-refractivity contribution in [2.24, 2.45) is 0 Å². The summed E-state index contributed by atoms with van der Waals surface area (Å²) in [6.45, 7) is 2.65. The summed E-state index contributed by atoms with van der Waals surface area (Å²) in [5.41, 5.74) is 0.318. The third-order valence-corrected chi connectivity index (χ3v) is 3.86. The molecule has 1 aromatic rings. The van der Waals surface area contributed by atoms with E-state index in [1.54, 1.807) is 0 Å². The lowest BCUT2D eigenvalue weighted by Gasteiger charge is -2.46. The Morgan fingerprint density at radius 3 is 2.47 bits per heavy atom. The topological polar surface area (TPSA) is 59.0 Å². The highest BCUT2D eigenvalue weighted by atomic mass is 32.1. The minimum atomic E-state index is -0.671. The molecule has 0 aromatic heterocycles.